The molecular weight excluding hydrogens is 460 g/mol. The van der Waals surface area contributed by atoms with E-state index < -0.39 is 23.1 Å². The smallest absolute Gasteiger partial charge is 0.357 e. The van der Waals surface area contributed by atoms with Crippen molar-refractivity contribution < 1.29 is 34.1 Å². The molecule has 10 heteroatoms. The number of fused-ring (bicyclic) bond motifs is 1. The molecule has 0 bridgehead atoms. The molecule has 1 aromatic heterocycles. The topological polar surface area (TPSA) is 141 Å². The lowest BCUT2D eigenvalue weighted by Gasteiger charge is -2.23. The average molecular weight is 480 g/mol. The first kappa shape index (κ1) is 23.0. The number of rotatable bonds is 4. The number of carbonyl (C=O) groups is 3. The van der Waals surface area contributed by atoms with E-state index in [0.29, 0.717) is 11.1 Å². The highest BCUT2D eigenvalue weighted by molar-refractivity contribution is 8.10. The number of nitrogens with zero attached hydrogens (tertiary/aromatic N) is 1. The van der Waals surface area contributed by atoms with Gasteiger partial charge in [-0.2, -0.15) is 0 Å². The number of aromatic hydroxyl groups is 2. The van der Waals surface area contributed by atoms with Crippen molar-refractivity contribution in [2.75, 3.05) is 20.0 Å². The van der Waals surface area contributed by atoms with Crippen molar-refractivity contribution in [1.82, 2.24) is 4.57 Å². The van der Waals surface area contributed by atoms with Crippen LogP contribution in [0.1, 0.15) is 31.7 Å². The highest BCUT2D eigenvalue weighted by atomic mass is 32.2. The fourth-order valence-electron chi connectivity index (χ4n) is 3.67. The molecule has 9 nitrogen and oxygen atoms in total. The number of methoxy groups -OCH3 is 2. The Kier molecular flexibility index (Phi) is 6.08. The van der Waals surface area contributed by atoms with E-state index >= 15 is 0 Å². The second-order valence-corrected chi connectivity index (χ2v) is 8.45. The van der Waals surface area contributed by atoms with E-state index in [9.17, 15) is 24.6 Å². The quantitative estimate of drug-likeness (QED) is 0.474. The van der Waals surface area contributed by atoms with Crippen LogP contribution in [-0.4, -0.2) is 46.8 Å². The maximum absolute atomic E-state index is 13.7. The first-order valence-electron chi connectivity index (χ1n) is 9.98. The number of hydrogen-bond acceptors (Lipinski definition) is 9. The number of phenolic OH excluding ortho intramolecular Hbond substituents is 2. The number of hydrogen-bond donors (Lipinski definition) is 3. The van der Waals surface area contributed by atoms with Crippen LogP contribution in [0.2, 0.25) is 0 Å². The molecule has 0 saturated heterocycles. The van der Waals surface area contributed by atoms with Gasteiger partial charge in [0.1, 0.15) is 21.7 Å². The summed E-state index contributed by atoms with van der Waals surface area (Å²) in [5.41, 5.74) is 7.21. The van der Waals surface area contributed by atoms with E-state index in [1.165, 1.54) is 31.4 Å². The Labute approximate surface area is 197 Å². The third-order valence-electron chi connectivity index (χ3n) is 5.29. The first-order chi connectivity index (χ1) is 16.3. The van der Waals surface area contributed by atoms with Gasteiger partial charge in [-0.1, -0.05) is 36.0 Å². The van der Waals surface area contributed by atoms with Gasteiger partial charge < -0.3 is 25.4 Å². The van der Waals surface area contributed by atoms with Crippen LogP contribution in [0.3, 0.4) is 0 Å². The summed E-state index contributed by atoms with van der Waals surface area (Å²) in [4.78, 5) is 39.3. The molecule has 1 aliphatic heterocycles. The summed E-state index contributed by atoms with van der Waals surface area (Å²) in [7, 11) is 2.37. The van der Waals surface area contributed by atoms with Crippen LogP contribution in [-0.2, 0) is 14.3 Å². The van der Waals surface area contributed by atoms with E-state index in [0.717, 1.165) is 23.4 Å². The molecule has 2 aromatic carbocycles. The number of benzene rings is 2. The monoisotopic (exact) mass is 480 g/mol. The molecule has 34 heavy (non-hydrogen) atoms. The predicted molar refractivity (Wildman–Crippen MR) is 126 cm³/mol. The SMILES string of the molecule is COC(=O)C1=c2/c(=C/c3ccc(O)cc3)c(N)c(C(=O)OC)n2C(=O)C(c2ccc(O)cc2)S1. The van der Waals surface area contributed by atoms with Crippen molar-refractivity contribution in [3.63, 3.8) is 0 Å². The molecule has 4 N–H and O–H groups in total. The summed E-state index contributed by atoms with van der Waals surface area (Å²) in [6, 6.07) is 12.1. The van der Waals surface area contributed by atoms with Gasteiger partial charge in [-0.3, -0.25) is 9.36 Å². The first-order valence-corrected chi connectivity index (χ1v) is 10.9. The van der Waals surface area contributed by atoms with Gasteiger partial charge in [-0.25, -0.2) is 9.59 Å². The normalized spacial score (nSPS) is 15.7. The third kappa shape index (κ3) is 3.88. The fraction of sp³-hybridized carbons (Fsp3) is 0.125. The van der Waals surface area contributed by atoms with Crippen LogP contribution in [0.25, 0.3) is 11.0 Å². The van der Waals surface area contributed by atoms with Crippen LogP contribution >= 0.6 is 11.8 Å². The zero-order chi connectivity index (χ0) is 24.6. The third-order valence-corrected chi connectivity index (χ3v) is 6.60. The summed E-state index contributed by atoms with van der Waals surface area (Å²) in [6.45, 7) is 0. The standard InChI is InChI=1S/C24H20N2O7S/c1-32-23(30)19-17(25)16(11-12-3-7-14(27)8-4-12)18-21(24(31)33-2)34-20(22(29)26(18)19)13-5-9-15(28)10-6-13/h3-11,20,27-28H,25H2,1-2H3/b16-11+. The molecule has 1 atom stereocenters. The maximum Gasteiger partial charge on any atom is 0.357 e. The van der Waals surface area contributed by atoms with E-state index in [1.807, 2.05) is 0 Å². The minimum absolute atomic E-state index is 0.0149. The van der Waals surface area contributed by atoms with Crippen molar-refractivity contribution >= 4 is 46.3 Å². The summed E-state index contributed by atoms with van der Waals surface area (Å²) in [6.07, 6.45) is 1.60. The molecule has 0 amide bonds. The minimum Gasteiger partial charge on any atom is -0.508 e. The van der Waals surface area contributed by atoms with Crippen LogP contribution in [0, 0.1) is 0 Å². The molecular formula is C24H20N2O7S. The summed E-state index contributed by atoms with van der Waals surface area (Å²) < 4.78 is 11.0. The predicted octanol–water partition coefficient (Wildman–Crippen LogP) is 1.51. The average Bonchev–Trinajstić information content (AvgIpc) is 3.13. The Hall–Kier alpha value is -4.18. The molecule has 1 aliphatic rings. The molecule has 0 radical (unpaired) electrons. The highest BCUT2D eigenvalue weighted by Gasteiger charge is 2.38. The Morgan fingerprint density at radius 1 is 0.971 bits per heavy atom. The van der Waals surface area contributed by atoms with Crippen molar-refractivity contribution in [2.45, 2.75) is 5.25 Å². The Balaban J connectivity index is 2.09. The van der Waals surface area contributed by atoms with Gasteiger partial charge in [0.25, 0.3) is 0 Å². The zero-order valence-electron chi connectivity index (χ0n) is 18.1. The van der Waals surface area contributed by atoms with E-state index in [1.54, 1.807) is 30.3 Å². The number of anilines is 1. The van der Waals surface area contributed by atoms with Gasteiger partial charge in [0.15, 0.2) is 5.69 Å². The molecule has 0 spiro atoms. The Morgan fingerprint density at radius 2 is 1.53 bits per heavy atom. The Bertz CT molecular complexity index is 1420. The molecule has 0 fully saturated rings. The van der Waals surface area contributed by atoms with Gasteiger partial charge in [0, 0.05) is 5.22 Å². The number of nitrogen functional groups attached to an aromatic ring is 1. The molecule has 4 rings (SSSR count). The zero-order valence-corrected chi connectivity index (χ0v) is 19.0. The van der Waals surface area contributed by atoms with Crippen LogP contribution in [0.5, 0.6) is 11.5 Å². The number of aromatic nitrogens is 1. The van der Waals surface area contributed by atoms with Crippen molar-refractivity contribution in [3.05, 3.63) is 75.9 Å². The van der Waals surface area contributed by atoms with Crippen molar-refractivity contribution in [3.8, 4) is 11.5 Å². The van der Waals surface area contributed by atoms with E-state index in [2.05, 4.69) is 0 Å². The number of thioether (sulfide) groups is 1. The molecule has 3 aromatic rings. The second kappa shape index (κ2) is 8.99. The van der Waals surface area contributed by atoms with Crippen LogP contribution in [0.4, 0.5) is 5.69 Å². The lowest BCUT2D eigenvalue weighted by molar-refractivity contribution is -0.133. The summed E-state index contributed by atoms with van der Waals surface area (Å²) >= 11 is 0.965. The number of ether oxygens (including phenoxy) is 2. The Morgan fingerprint density at radius 3 is 2.09 bits per heavy atom. The second-order valence-electron chi connectivity index (χ2n) is 7.34. The van der Waals surface area contributed by atoms with Crippen molar-refractivity contribution in [1.29, 1.82) is 0 Å². The molecule has 0 aliphatic carbocycles. The lowest BCUT2D eigenvalue weighted by Crippen LogP contribution is -2.42. The highest BCUT2D eigenvalue weighted by Crippen LogP contribution is 2.40. The summed E-state index contributed by atoms with van der Waals surface area (Å²) in [5.74, 6) is -2.00. The summed E-state index contributed by atoms with van der Waals surface area (Å²) in [5, 5.41) is 18.7. The molecule has 2 heterocycles. The van der Waals surface area contributed by atoms with Crippen molar-refractivity contribution in [2.24, 2.45) is 0 Å². The largest absolute Gasteiger partial charge is 0.508 e. The van der Waals surface area contributed by atoms with Gasteiger partial charge in [0.2, 0.25) is 5.91 Å². The maximum atomic E-state index is 13.7. The minimum atomic E-state index is -0.918. The molecule has 1 unspecified atom stereocenters. The van der Waals surface area contributed by atoms with Crippen LogP contribution < -0.4 is 16.3 Å². The molecule has 174 valence electrons. The molecule has 0 saturated carbocycles. The number of phenols is 2. The lowest BCUT2D eigenvalue weighted by atomic mass is 10.1. The number of nitrogens with two attached hydrogens (primary N) is 1. The van der Waals surface area contributed by atoms with E-state index in [4.69, 9.17) is 15.2 Å². The van der Waals surface area contributed by atoms with Gasteiger partial charge >= 0.3 is 11.9 Å². The number of carbonyl (C=O) groups excluding carboxylic acids is 3. The van der Waals surface area contributed by atoms with Gasteiger partial charge in [-0.15, -0.1) is 0 Å². The van der Waals surface area contributed by atoms with Crippen LogP contribution in [0.15, 0.2) is 48.5 Å². The van der Waals surface area contributed by atoms with Gasteiger partial charge in [0.05, 0.1) is 25.3 Å². The van der Waals surface area contributed by atoms with Gasteiger partial charge in [-0.05, 0) is 41.5 Å². The van der Waals surface area contributed by atoms with E-state index in [-0.39, 0.29) is 38.4 Å². The number of esters is 2. The fourth-order valence-corrected chi connectivity index (χ4v) is 4.90.